The van der Waals surface area contributed by atoms with E-state index in [0.29, 0.717) is 6.54 Å². The number of nitrogens with zero attached hydrogens (tertiary/aromatic N) is 1. The average Bonchev–Trinajstić information content (AvgIpc) is 2.70. The zero-order chi connectivity index (χ0) is 11.4. The highest BCUT2D eigenvalue weighted by Crippen LogP contribution is 2.26. The van der Waals surface area contributed by atoms with Gasteiger partial charge in [0.25, 0.3) is 0 Å². The maximum atomic E-state index is 11.7. The third-order valence-electron chi connectivity index (χ3n) is 2.69. The Kier molecular flexibility index (Phi) is 2.93. The largest absolute Gasteiger partial charge is 0.377 e. The normalized spacial score (nSPS) is 17.2. The molecule has 2 heterocycles. The summed E-state index contributed by atoms with van der Waals surface area (Å²) in [5, 5.41) is 11.6. The molecule has 0 spiro atoms. The Hall–Kier alpha value is -1.80. The molecule has 1 aliphatic heterocycles. The van der Waals surface area contributed by atoms with Crippen molar-refractivity contribution in [3.05, 3.63) is 24.0 Å². The summed E-state index contributed by atoms with van der Waals surface area (Å²) in [6.45, 7) is 0.943. The second-order valence-electron chi connectivity index (χ2n) is 3.89. The first kappa shape index (κ1) is 10.7. The van der Waals surface area contributed by atoms with Gasteiger partial charge in [0.1, 0.15) is 0 Å². The topological polar surface area (TPSA) is 77.9 Å². The summed E-state index contributed by atoms with van der Waals surface area (Å²) in [7, 11) is 0. The zero-order valence-electron chi connectivity index (χ0n) is 8.82. The molecule has 0 aromatic carbocycles. The Morgan fingerprint density at radius 1 is 1.69 bits per heavy atom. The third-order valence-corrected chi connectivity index (χ3v) is 2.69. The molecule has 2 N–H and O–H groups in total. The van der Waals surface area contributed by atoms with Crippen molar-refractivity contribution in [2.75, 3.05) is 19.8 Å². The Labute approximate surface area is 93.4 Å². The standard InChI is InChI=1S/C11H13N3O2/c12-6-11(7-16-8-11)10(15)14-5-3-9-2-1-4-13-9/h1-2,4,13H,3,5,7-8H2,(H,14,15). The summed E-state index contributed by atoms with van der Waals surface area (Å²) in [5.41, 5.74) is 0.117. The smallest absolute Gasteiger partial charge is 0.245 e. The van der Waals surface area contributed by atoms with Gasteiger partial charge in [-0.1, -0.05) is 0 Å². The number of rotatable bonds is 4. The van der Waals surface area contributed by atoms with Gasteiger partial charge in [-0.3, -0.25) is 4.79 Å². The number of carbonyl (C=O) groups is 1. The van der Waals surface area contributed by atoms with Crippen LogP contribution in [0.2, 0.25) is 0 Å². The van der Waals surface area contributed by atoms with Crippen LogP contribution in [-0.4, -0.2) is 30.6 Å². The van der Waals surface area contributed by atoms with Crippen LogP contribution in [0.4, 0.5) is 0 Å². The molecule has 2 rings (SSSR count). The molecule has 16 heavy (non-hydrogen) atoms. The number of amides is 1. The fourth-order valence-corrected chi connectivity index (χ4v) is 1.56. The fourth-order valence-electron chi connectivity index (χ4n) is 1.56. The van der Waals surface area contributed by atoms with E-state index in [4.69, 9.17) is 10.00 Å². The highest BCUT2D eigenvalue weighted by molar-refractivity contribution is 5.86. The first-order valence-corrected chi connectivity index (χ1v) is 5.16. The van der Waals surface area contributed by atoms with E-state index >= 15 is 0 Å². The van der Waals surface area contributed by atoms with Gasteiger partial charge in [-0.15, -0.1) is 0 Å². The van der Waals surface area contributed by atoms with Crippen molar-refractivity contribution in [1.29, 1.82) is 5.26 Å². The molecule has 5 nitrogen and oxygen atoms in total. The van der Waals surface area contributed by atoms with Crippen LogP contribution in [0.3, 0.4) is 0 Å². The van der Waals surface area contributed by atoms with Crippen molar-refractivity contribution >= 4 is 5.91 Å². The highest BCUT2D eigenvalue weighted by atomic mass is 16.5. The first-order chi connectivity index (χ1) is 7.77. The number of hydrogen-bond acceptors (Lipinski definition) is 3. The fraction of sp³-hybridized carbons (Fsp3) is 0.455. The van der Waals surface area contributed by atoms with Crippen LogP contribution in [0.1, 0.15) is 5.69 Å². The van der Waals surface area contributed by atoms with Crippen LogP contribution < -0.4 is 5.32 Å². The van der Waals surface area contributed by atoms with E-state index in [0.717, 1.165) is 12.1 Å². The van der Waals surface area contributed by atoms with E-state index in [9.17, 15) is 4.79 Å². The molecule has 0 atom stereocenters. The predicted octanol–water partition coefficient (Wildman–Crippen LogP) is 0.214. The van der Waals surface area contributed by atoms with Crippen LogP contribution >= 0.6 is 0 Å². The number of hydrogen-bond donors (Lipinski definition) is 2. The third kappa shape index (κ3) is 1.92. The van der Waals surface area contributed by atoms with Crippen molar-refractivity contribution in [2.45, 2.75) is 6.42 Å². The van der Waals surface area contributed by atoms with Crippen LogP contribution in [-0.2, 0) is 16.0 Å². The van der Waals surface area contributed by atoms with E-state index in [-0.39, 0.29) is 19.1 Å². The molecule has 1 fully saturated rings. The number of nitrogens with one attached hydrogen (secondary N) is 2. The first-order valence-electron chi connectivity index (χ1n) is 5.16. The minimum absolute atomic E-state index is 0.206. The summed E-state index contributed by atoms with van der Waals surface area (Å²) < 4.78 is 4.91. The molecule has 1 amide bonds. The van der Waals surface area contributed by atoms with E-state index in [1.54, 1.807) is 0 Å². The maximum absolute atomic E-state index is 11.7. The SMILES string of the molecule is N#CC1(C(=O)NCCc2ccc[nH]2)COC1. The summed E-state index contributed by atoms with van der Waals surface area (Å²) in [4.78, 5) is 14.7. The summed E-state index contributed by atoms with van der Waals surface area (Å²) in [5.74, 6) is -0.229. The van der Waals surface area contributed by atoms with Crippen molar-refractivity contribution < 1.29 is 9.53 Å². The van der Waals surface area contributed by atoms with Gasteiger partial charge >= 0.3 is 0 Å². The van der Waals surface area contributed by atoms with Gasteiger partial charge in [-0.05, 0) is 12.1 Å². The second kappa shape index (κ2) is 4.37. The maximum Gasteiger partial charge on any atom is 0.245 e. The number of carbonyl (C=O) groups excluding carboxylic acids is 1. The van der Waals surface area contributed by atoms with Crippen molar-refractivity contribution in [1.82, 2.24) is 10.3 Å². The van der Waals surface area contributed by atoms with Gasteiger partial charge in [0.2, 0.25) is 5.91 Å². The Morgan fingerprint density at radius 2 is 2.50 bits per heavy atom. The lowest BCUT2D eigenvalue weighted by Crippen LogP contribution is -2.53. The van der Waals surface area contributed by atoms with E-state index in [1.807, 2.05) is 24.4 Å². The Morgan fingerprint density at radius 3 is 3.00 bits per heavy atom. The molecule has 1 aliphatic rings. The van der Waals surface area contributed by atoms with Crippen LogP contribution in [0.25, 0.3) is 0 Å². The second-order valence-corrected chi connectivity index (χ2v) is 3.89. The van der Waals surface area contributed by atoms with Crippen LogP contribution in [0, 0.1) is 16.7 Å². The molecule has 0 unspecified atom stereocenters. The van der Waals surface area contributed by atoms with E-state index in [1.165, 1.54) is 0 Å². The number of nitriles is 1. The van der Waals surface area contributed by atoms with E-state index < -0.39 is 5.41 Å². The molecule has 84 valence electrons. The van der Waals surface area contributed by atoms with Gasteiger partial charge in [0.15, 0.2) is 5.41 Å². The van der Waals surface area contributed by atoms with E-state index in [2.05, 4.69) is 10.3 Å². The molecule has 1 aromatic heterocycles. The Bertz CT molecular complexity index is 401. The summed E-state index contributed by atoms with van der Waals surface area (Å²) in [6, 6.07) is 5.88. The van der Waals surface area contributed by atoms with Crippen LogP contribution in [0.15, 0.2) is 18.3 Å². The summed E-state index contributed by atoms with van der Waals surface area (Å²) in [6.07, 6.45) is 2.58. The van der Waals surface area contributed by atoms with Gasteiger partial charge in [0, 0.05) is 24.9 Å². The zero-order valence-corrected chi connectivity index (χ0v) is 8.82. The molecule has 1 saturated heterocycles. The molecule has 0 radical (unpaired) electrons. The quantitative estimate of drug-likeness (QED) is 0.760. The number of aromatic nitrogens is 1. The molecular formula is C11H13N3O2. The van der Waals surface area contributed by atoms with Gasteiger partial charge < -0.3 is 15.0 Å². The monoisotopic (exact) mass is 219 g/mol. The van der Waals surface area contributed by atoms with Gasteiger partial charge in [-0.25, -0.2) is 0 Å². The van der Waals surface area contributed by atoms with Crippen molar-refractivity contribution in [2.24, 2.45) is 5.41 Å². The lowest BCUT2D eigenvalue weighted by atomic mass is 9.87. The van der Waals surface area contributed by atoms with Crippen LogP contribution in [0.5, 0.6) is 0 Å². The lowest BCUT2D eigenvalue weighted by molar-refractivity contribution is -0.149. The summed E-state index contributed by atoms with van der Waals surface area (Å²) >= 11 is 0. The number of ether oxygens (including phenoxy) is 1. The highest BCUT2D eigenvalue weighted by Gasteiger charge is 2.46. The molecule has 0 saturated carbocycles. The molecular weight excluding hydrogens is 206 g/mol. The minimum Gasteiger partial charge on any atom is -0.377 e. The predicted molar refractivity (Wildman–Crippen MR) is 56.4 cm³/mol. The number of aromatic amines is 1. The molecule has 5 heteroatoms. The number of H-pyrrole nitrogens is 1. The lowest BCUT2D eigenvalue weighted by Gasteiger charge is -2.33. The average molecular weight is 219 g/mol. The molecule has 0 aliphatic carbocycles. The Balaban J connectivity index is 1.78. The molecule has 0 bridgehead atoms. The van der Waals surface area contributed by atoms with Gasteiger partial charge in [0.05, 0.1) is 19.3 Å². The molecule has 1 aromatic rings. The van der Waals surface area contributed by atoms with Crippen molar-refractivity contribution in [3.63, 3.8) is 0 Å². The van der Waals surface area contributed by atoms with Gasteiger partial charge in [-0.2, -0.15) is 5.26 Å². The minimum atomic E-state index is -0.949. The van der Waals surface area contributed by atoms with Crippen molar-refractivity contribution in [3.8, 4) is 6.07 Å².